The zero-order valence-corrected chi connectivity index (χ0v) is 24.7. The van der Waals surface area contributed by atoms with E-state index < -0.39 is 0 Å². The third-order valence-corrected chi connectivity index (χ3v) is 7.62. The molecule has 4 nitrogen and oxygen atoms in total. The highest BCUT2D eigenvalue weighted by atomic mass is 15.2. The maximum Gasteiger partial charge on any atom is 0.0722 e. The molecule has 7 aromatic rings. The Morgan fingerprint density at radius 3 is 1.24 bits per heavy atom. The summed E-state index contributed by atoms with van der Waals surface area (Å²) in [5.74, 6) is 0. The van der Waals surface area contributed by atoms with Gasteiger partial charge in [0.1, 0.15) is 0 Å². The van der Waals surface area contributed by atoms with Crippen molar-refractivity contribution in [2.75, 3.05) is 15.1 Å². The van der Waals surface area contributed by atoms with E-state index >= 15 is 0 Å². The minimum atomic E-state index is 0.919. The van der Waals surface area contributed by atoms with Crippen LogP contribution in [0.5, 0.6) is 0 Å². The minimum Gasteiger partial charge on any atom is -0.355 e. The molecule has 0 spiro atoms. The normalized spacial score (nSPS) is 10.7. The summed E-state index contributed by atoms with van der Waals surface area (Å²) in [6.45, 7) is 0. The number of rotatable bonds is 9. The zero-order valence-electron chi connectivity index (χ0n) is 24.7. The first-order chi connectivity index (χ1) is 22.3. The van der Waals surface area contributed by atoms with Crippen molar-refractivity contribution in [1.82, 2.24) is 4.98 Å². The fraction of sp³-hybridized carbons (Fsp3) is 0. The lowest BCUT2D eigenvalue weighted by atomic mass is 10.1. The fourth-order valence-electron chi connectivity index (χ4n) is 5.62. The SMILES string of the molecule is c1ccc(N(c2ccccc2)c2cc(Nc3ccccc3-c3ccccn3)cc(N(c3ccccc3)c3ccccc3)c2)cc1. The molecule has 0 saturated heterocycles. The second-order valence-electron chi connectivity index (χ2n) is 10.6. The smallest absolute Gasteiger partial charge is 0.0722 e. The molecule has 0 radical (unpaired) electrons. The van der Waals surface area contributed by atoms with E-state index in [1.165, 1.54) is 0 Å². The molecule has 0 aliphatic rings. The van der Waals surface area contributed by atoms with Crippen LogP contribution in [0.3, 0.4) is 0 Å². The van der Waals surface area contributed by atoms with Crippen LogP contribution in [0.1, 0.15) is 0 Å². The molecular weight excluding hydrogens is 548 g/mol. The van der Waals surface area contributed by atoms with Gasteiger partial charge >= 0.3 is 0 Å². The Morgan fingerprint density at radius 1 is 0.378 bits per heavy atom. The number of pyridine rings is 1. The first-order valence-electron chi connectivity index (χ1n) is 15.1. The van der Waals surface area contributed by atoms with Crippen LogP contribution in [0.2, 0.25) is 0 Å². The van der Waals surface area contributed by atoms with Crippen molar-refractivity contribution in [3.05, 3.63) is 188 Å². The van der Waals surface area contributed by atoms with Gasteiger partial charge in [0.25, 0.3) is 0 Å². The van der Waals surface area contributed by atoms with Crippen molar-refractivity contribution in [2.24, 2.45) is 0 Å². The lowest BCUT2D eigenvalue weighted by Gasteiger charge is -2.30. The molecule has 1 N–H and O–H groups in total. The fourth-order valence-corrected chi connectivity index (χ4v) is 5.62. The summed E-state index contributed by atoms with van der Waals surface area (Å²) in [5, 5.41) is 3.77. The molecule has 0 amide bonds. The molecule has 0 aliphatic heterocycles. The number of anilines is 8. The predicted molar refractivity (Wildman–Crippen MR) is 189 cm³/mol. The Hall–Kier alpha value is -6.13. The van der Waals surface area contributed by atoms with Crippen LogP contribution in [0.15, 0.2) is 188 Å². The number of hydrogen-bond acceptors (Lipinski definition) is 4. The number of aromatic nitrogens is 1. The average Bonchev–Trinajstić information content (AvgIpc) is 3.11. The van der Waals surface area contributed by atoms with E-state index in [0.29, 0.717) is 0 Å². The van der Waals surface area contributed by atoms with Gasteiger partial charge in [-0.2, -0.15) is 0 Å². The highest BCUT2D eigenvalue weighted by Gasteiger charge is 2.19. The van der Waals surface area contributed by atoms with Gasteiger partial charge in [-0.1, -0.05) is 97.1 Å². The van der Waals surface area contributed by atoms with Crippen molar-refractivity contribution < 1.29 is 0 Å². The van der Waals surface area contributed by atoms with E-state index in [1.54, 1.807) is 0 Å². The summed E-state index contributed by atoms with van der Waals surface area (Å²) in [6, 6.07) is 63.1. The Balaban J connectivity index is 1.44. The monoisotopic (exact) mass is 580 g/mol. The number of nitrogens with zero attached hydrogens (tertiary/aromatic N) is 3. The van der Waals surface area contributed by atoms with Gasteiger partial charge in [-0.05, 0) is 84.9 Å². The maximum absolute atomic E-state index is 4.65. The van der Waals surface area contributed by atoms with Gasteiger partial charge in [-0.15, -0.1) is 0 Å². The summed E-state index contributed by atoms with van der Waals surface area (Å²) in [7, 11) is 0. The molecule has 4 heteroatoms. The number of nitrogens with one attached hydrogen (secondary N) is 1. The first-order valence-corrected chi connectivity index (χ1v) is 15.1. The molecule has 45 heavy (non-hydrogen) atoms. The molecule has 0 atom stereocenters. The van der Waals surface area contributed by atoms with Gasteiger partial charge in [-0.25, -0.2) is 0 Å². The van der Waals surface area contributed by atoms with Crippen LogP contribution in [0, 0.1) is 0 Å². The third kappa shape index (κ3) is 6.17. The van der Waals surface area contributed by atoms with Crippen molar-refractivity contribution in [3.8, 4) is 11.3 Å². The van der Waals surface area contributed by atoms with E-state index in [-0.39, 0.29) is 0 Å². The summed E-state index contributed by atoms with van der Waals surface area (Å²) >= 11 is 0. The number of benzene rings is 6. The lowest BCUT2D eigenvalue weighted by Crippen LogP contribution is -2.14. The van der Waals surface area contributed by atoms with Gasteiger partial charge in [-0.3, -0.25) is 4.98 Å². The molecule has 0 unspecified atom stereocenters. The Kier molecular flexibility index (Phi) is 8.01. The van der Waals surface area contributed by atoms with E-state index in [4.69, 9.17) is 0 Å². The Labute approximate surface area is 264 Å². The van der Waals surface area contributed by atoms with Crippen molar-refractivity contribution >= 4 is 45.5 Å². The van der Waals surface area contributed by atoms with Gasteiger partial charge in [0.05, 0.1) is 17.1 Å². The molecular formula is C41H32N4. The molecule has 6 aromatic carbocycles. The second kappa shape index (κ2) is 13.0. The van der Waals surface area contributed by atoms with Crippen molar-refractivity contribution in [1.29, 1.82) is 0 Å². The molecule has 216 valence electrons. The van der Waals surface area contributed by atoms with E-state index in [0.717, 1.165) is 56.8 Å². The standard InChI is InChI=1S/C41H32N4/c1-5-17-33(18-6-1)44(34-19-7-2-8-20-34)37-29-32(43-41-27-14-13-25-39(41)40-26-15-16-28-42-40)30-38(31-37)45(35-21-9-3-10-22-35)36-23-11-4-12-24-36/h1-31,43H. The molecule has 0 aliphatic carbocycles. The lowest BCUT2D eigenvalue weighted by molar-refractivity contribution is 1.25. The third-order valence-electron chi connectivity index (χ3n) is 7.62. The van der Waals surface area contributed by atoms with Gasteiger partial charge in [0, 0.05) is 45.9 Å². The summed E-state index contributed by atoms with van der Waals surface area (Å²) in [5.41, 5.74) is 10.3. The van der Waals surface area contributed by atoms with Gasteiger partial charge in [0.2, 0.25) is 0 Å². The second-order valence-corrected chi connectivity index (χ2v) is 10.6. The van der Waals surface area contributed by atoms with Crippen LogP contribution >= 0.6 is 0 Å². The Bertz CT molecular complexity index is 1780. The highest BCUT2D eigenvalue weighted by molar-refractivity contribution is 5.88. The highest BCUT2D eigenvalue weighted by Crippen LogP contribution is 2.43. The molecule has 1 aromatic heterocycles. The molecule has 0 saturated carbocycles. The summed E-state index contributed by atoms with van der Waals surface area (Å²) in [4.78, 5) is 9.24. The van der Waals surface area contributed by atoms with Gasteiger partial charge in [0.15, 0.2) is 0 Å². The zero-order chi connectivity index (χ0) is 30.3. The van der Waals surface area contributed by atoms with Gasteiger partial charge < -0.3 is 15.1 Å². The summed E-state index contributed by atoms with van der Waals surface area (Å²) in [6.07, 6.45) is 1.83. The average molecular weight is 581 g/mol. The van der Waals surface area contributed by atoms with Crippen LogP contribution in [0.4, 0.5) is 45.5 Å². The molecule has 0 bridgehead atoms. The van der Waals surface area contributed by atoms with E-state index in [1.807, 2.05) is 24.4 Å². The van der Waals surface area contributed by atoms with Crippen LogP contribution in [-0.4, -0.2) is 4.98 Å². The largest absolute Gasteiger partial charge is 0.355 e. The van der Waals surface area contributed by atoms with Crippen LogP contribution in [-0.2, 0) is 0 Å². The molecule has 0 fully saturated rings. The quantitative estimate of drug-likeness (QED) is 0.184. The molecule has 7 rings (SSSR count). The number of hydrogen-bond donors (Lipinski definition) is 1. The number of para-hydroxylation sites is 5. The van der Waals surface area contributed by atoms with Crippen molar-refractivity contribution in [3.63, 3.8) is 0 Å². The first kappa shape index (κ1) is 27.7. The topological polar surface area (TPSA) is 31.4 Å². The molecule has 1 heterocycles. The maximum atomic E-state index is 4.65. The van der Waals surface area contributed by atoms with Crippen LogP contribution < -0.4 is 15.1 Å². The Morgan fingerprint density at radius 2 is 0.800 bits per heavy atom. The summed E-state index contributed by atoms with van der Waals surface area (Å²) < 4.78 is 0. The predicted octanol–water partition coefficient (Wildman–Crippen LogP) is 11.4. The van der Waals surface area contributed by atoms with E-state index in [9.17, 15) is 0 Å². The van der Waals surface area contributed by atoms with Crippen molar-refractivity contribution in [2.45, 2.75) is 0 Å². The van der Waals surface area contributed by atoms with Crippen LogP contribution in [0.25, 0.3) is 11.3 Å². The minimum absolute atomic E-state index is 0.919. The van der Waals surface area contributed by atoms with E-state index in [2.05, 4.69) is 184 Å².